The van der Waals surface area contributed by atoms with Gasteiger partial charge in [0.05, 0.1) is 17.4 Å². The number of rotatable bonds is 5. The Morgan fingerprint density at radius 1 is 1.31 bits per heavy atom. The number of nitrogens with one attached hydrogen (secondary N) is 2. The van der Waals surface area contributed by atoms with E-state index in [9.17, 15) is 14.4 Å². The average molecular weight is 372 g/mol. The van der Waals surface area contributed by atoms with Crippen molar-refractivity contribution in [2.45, 2.75) is 19.4 Å². The number of hydrogen-bond donors (Lipinski definition) is 2. The molecule has 0 aliphatic carbocycles. The average Bonchev–Trinajstić information content (AvgIpc) is 3.17. The molecule has 2 heterocycles. The number of nitrogens with zero attached hydrogens (tertiary/aromatic N) is 2. The molecule has 2 N–H and O–H groups in total. The maximum atomic E-state index is 12.5. The van der Waals surface area contributed by atoms with Crippen LogP contribution in [0.4, 0.5) is 0 Å². The Morgan fingerprint density at radius 2 is 2.04 bits per heavy atom. The number of H-pyrrole nitrogens is 1. The normalized spacial score (nSPS) is 13.8. The molecule has 2 amide bonds. The van der Waals surface area contributed by atoms with Crippen LogP contribution < -0.4 is 10.9 Å². The first kappa shape index (κ1) is 18.1. The molecule has 0 spiro atoms. The predicted octanol–water partition coefficient (Wildman–Crippen LogP) is 1.60. The first-order chi connectivity index (χ1) is 12.5. The standard InChI is InChI=1S/C18H20N4O3S/c1-2-7-22-17(25)13-6-5-12(10-14(13)20-18(22)26)16(24)19-11-15(23)21-8-3-4-9-21/h2,5-6,10H,1,3-4,7-9,11H2,(H,19,24)(H,20,26). The van der Waals surface area contributed by atoms with Gasteiger partial charge in [0.1, 0.15) is 0 Å². The lowest BCUT2D eigenvalue weighted by atomic mass is 10.1. The Hall–Kier alpha value is -2.74. The van der Waals surface area contributed by atoms with Gasteiger partial charge in [0.2, 0.25) is 5.91 Å². The number of aromatic amines is 1. The van der Waals surface area contributed by atoms with Crippen molar-refractivity contribution in [3.63, 3.8) is 0 Å². The zero-order valence-corrected chi connectivity index (χ0v) is 15.1. The minimum atomic E-state index is -0.367. The van der Waals surface area contributed by atoms with Crippen LogP contribution in [0.2, 0.25) is 0 Å². The Balaban J connectivity index is 1.80. The van der Waals surface area contributed by atoms with Crippen LogP contribution >= 0.6 is 12.2 Å². The zero-order valence-electron chi connectivity index (χ0n) is 14.3. The summed E-state index contributed by atoms with van der Waals surface area (Å²) in [4.78, 5) is 41.5. The highest BCUT2D eigenvalue weighted by molar-refractivity contribution is 7.71. The van der Waals surface area contributed by atoms with Gasteiger partial charge in [-0.05, 0) is 43.3 Å². The van der Waals surface area contributed by atoms with Gasteiger partial charge < -0.3 is 15.2 Å². The van der Waals surface area contributed by atoms with Gasteiger partial charge in [0.25, 0.3) is 11.5 Å². The third kappa shape index (κ3) is 3.60. The Kier molecular flexibility index (Phi) is 5.32. The molecular weight excluding hydrogens is 352 g/mol. The van der Waals surface area contributed by atoms with Crippen LogP contribution in [-0.4, -0.2) is 45.9 Å². The number of allylic oxidation sites excluding steroid dienone is 1. The molecular formula is C18H20N4O3S. The van der Waals surface area contributed by atoms with Crippen molar-refractivity contribution in [1.82, 2.24) is 19.8 Å². The van der Waals surface area contributed by atoms with Gasteiger partial charge in [-0.3, -0.25) is 19.0 Å². The maximum Gasteiger partial charge on any atom is 0.262 e. The van der Waals surface area contributed by atoms with Crippen LogP contribution in [0, 0.1) is 4.77 Å². The minimum Gasteiger partial charge on any atom is -0.343 e. The lowest BCUT2D eigenvalue weighted by molar-refractivity contribution is -0.129. The second-order valence-corrected chi connectivity index (χ2v) is 6.55. The third-order valence-electron chi connectivity index (χ3n) is 4.41. The van der Waals surface area contributed by atoms with Gasteiger partial charge in [-0.1, -0.05) is 6.08 Å². The van der Waals surface area contributed by atoms with Crippen molar-refractivity contribution >= 4 is 34.9 Å². The van der Waals surface area contributed by atoms with Crippen LogP contribution in [0.1, 0.15) is 23.2 Å². The van der Waals surface area contributed by atoms with Gasteiger partial charge in [-0.15, -0.1) is 6.58 Å². The summed E-state index contributed by atoms with van der Waals surface area (Å²) in [6, 6.07) is 4.72. The van der Waals surface area contributed by atoms with E-state index in [1.165, 1.54) is 4.57 Å². The molecule has 1 aliphatic heterocycles. The predicted molar refractivity (Wildman–Crippen MR) is 102 cm³/mol. The molecule has 26 heavy (non-hydrogen) atoms. The number of carbonyl (C=O) groups excluding carboxylic acids is 2. The number of likely N-dealkylation sites (tertiary alicyclic amines) is 1. The van der Waals surface area contributed by atoms with E-state index >= 15 is 0 Å². The summed E-state index contributed by atoms with van der Waals surface area (Å²) in [5, 5.41) is 3.07. The van der Waals surface area contributed by atoms with Gasteiger partial charge in [0.15, 0.2) is 4.77 Å². The van der Waals surface area contributed by atoms with Crippen molar-refractivity contribution < 1.29 is 9.59 Å². The molecule has 136 valence electrons. The maximum absolute atomic E-state index is 12.5. The molecule has 1 aromatic heterocycles. The Bertz CT molecular complexity index is 986. The zero-order chi connectivity index (χ0) is 18.7. The highest BCUT2D eigenvalue weighted by atomic mass is 32.1. The van der Waals surface area contributed by atoms with E-state index in [1.54, 1.807) is 29.2 Å². The first-order valence-electron chi connectivity index (χ1n) is 8.45. The second-order valence-electron chi connectivity index (χ2n) is 6.17. The molecule has 0 unspecified atom stereocenters. The van der Waals surface area contributed by atoms with Gasteiger partial charge in [-0.2, -0.15) is 0 Å². The Morgan fingerprint density at radius 3 is 2.73 bits per heavy atom. The molecule has 7 nitrogen and oxygen atoms in total. The van der Waals surface area contributed by atoms with Gasteiger partial charge in [-0.25, -0.2) is 0 Å². The highest BCUT2D eigenvalue weighted by Gasteiger charge is 2.18. The lowest BCUT2D eigenvalue weighted by Crippen LogP contribution is -2.38. The first-order valence-corrected chi connectivity index (χ1v) is 8.86. The van der Waals surface area contributed by atoms with Crippen LogP contribution in [0.15, 0.2) is 35.6 Å². The minimum absolute atomic E-state index is 0.0339. The molecule has 8 heteroatoms. The molecule has 0 saturated carbocycles. The molecule has 0 radical (unpaired) electrons. The molecule has 1 aromatic carbocycles. The van der Waals surface area contributed by atoms with Crippen molar-refractivity contribution in [1.29, 1.82) is 0 Å². The van der Waals surface area contributed by atoms with Crippen LogP contribution in [0.3, 0.4) is 0 Å². The molecule has 1 aliphatic rings. The summed E-state index contributed by atoms with van der Waals surface area (Å²) in [7, 11) is 0. The fourth-order valence-electron chi connectivity index (χ4n) is 3.03. The number of benzene rings is 1. The van der Waals surface area contributed by atoms with Crippen molar-refractivity contribution in [2.24, 2.45) is 0 Å². The summed E-state index contributed by atoms with van der Waals surface area (Å²) >= 11 is 5.20. The van der Waals surface area contributed by atoms with Crippen molar-refractivity contribution in [2.75, 3.05) is 19.6 Å². The SMILES string of the molecule is C=CCn1c(=S)[nH]c2cc(C(=O)NCC(=O)N3CCCC3)ccc2c1=O. The van der Waals surface area contributed by atoms with Crippen molar-refractivity contribution in [3.05, 3.63) is 51.5 Å². The summed E-state index contributed by atoms with van der Waals surface area (Å²) in [5.41, 5.74) is 0.608. The molecule has 3 rings (SSSR count). The lowest BCUT2D eigenvalue weighted by Gasteiger charge is -2.15. The van der Waals surface area contributed by atoms with E-state index in [0.717, 1.165) is 25.9 Å². The van der Waals surface area contributed by atoms with Gasteiger partial charge >= 0.3 is 0 Å². The molecule has 0 bridgehead atoms. The van der Waals surface area contributed by atoms with E-state index in [0.29, 0.717) is 23.0 Å². The topological polar surface area (TPSA) is 87.2 Å². The van der Waals surface area contributed by atoms with Crippen molar-refractivity contribution in [3.8, 4) is 0 Å². The quantitative estimate of drug-likeness (QED) is 0.616. The summed E-state index contributed by atoms with van der Waals surface area (Å²) in [6.45, 7) is 5.39. The van der Waals surface area contributed by atoms with E-state index in [4.69, 9.17) is 12.2 Å². The summed E-state index contributed by atoms with van der Waals surface area (Å²) in [6.07, 6.45) is 3.61. The van der Waals surface area contributed by atoms with E-state index in [2.05, 4.69) is 16.9 Å². The number of fused-ring (bicyclic) bond motifs is 1. The van der Waals surface area contributed by atoms with E-state index in [1.807, 2.05) is 0 Å². The van der Waals surface area contributed by atoms with E-state index in [-0.39, 0.29) is 28.7 Å². The van der Waals surface area contributed by atoms with Crippen LogP contribution in [-0.2, 0) is 11.3 Å². The Labute approximate surface area is 155 Å². The smallest absolute Gasteiger partial charge is 0.262 e. The van der Waals surface area contributed by atoms with Gasteiger partial charge in [0, 0.05) is 25.2 Å². The molecule has 2 aromatic rings. The number of aromatic nitrogens is 2. The monoisotopic (exact) mass is 372 g/mol. The number of carbonyl (C=O) groups is 2. The fraction of sp³-hybridized carbons (Fsp3) is 0.333. The molecule has 1 saturated heterocycles. The highest BCUT2D eigenvalue weighted by Crippen LogP contribution is 2.11. The number of hydrogen-bond acceptors (Lipinski definition) is 4. The second kappa shape index (κ2) is 7.65. The summed E-state index contributed by atoms with van der Waals surface area (Å²) in [5.74, 6) is -0.447. The third-order valence-corrected chi connectivity index (χ3v) is 4.74. The fourth-order valence-corrected chi connectivity index (χ4v) is 3.29. The van der Waals surface area contributed by atoms with Crippen LogP contribution in [0.25, 0.3) is 10.9 Å². The summed E-state index contributed by atoms with van der Waals surface area (Å²) < 4.78 is 1.67. The van der Waals surface area contributed by atoms with Crippen LogP contribution in [0.5, 0.6) is 0 Å². The largest absolute Gasteiger partial charge is 0.343 e. The number of amides is 2. The molecule has 1 fully saturated rings. The van der Waals surface area contributed by atoms with E-state index < -0.39 is 0 Å². The molecule has 0 atom stereocenters.